The molecule has 4 nitrogen and oxygen atoms in total. The van der Waals surface area contributed by atoms with E-state index in [4.69, 9.17) is 11.6 Å². The lowest BCUT2D eigenvalue weighted by atomic mass is 10.1. The van der Waals surface area contributed by atoms with Crippen LogP contribution in [0.4, 0.5) is 0 Å². The van der Waals surface area contributed by atoms with Crippen LogP contribution in [0.3, 0.4) is 0 Å². The monoisotopic (exact) mass is 293 g/mol. The first-order chi connectivity index (χ1) is 9.74. The van der Waals surface area contributed by atoms with Gasteiger partial charge in [-0.05, 0) is 37.9 Å². The predicted molar refractivity (Wildman–Crippen MR) is 81.0 cm³/mol. The molecule has 20 heavy (non-hydrogen) atoms. The molecule has 2 aromatic rings. The molecular weight excluding hydrogens is 274 g/mol. The molecule has 0 unspecified atom stereocenters. The maximum atomic E-state index is 9.50. The minimum atomic E-state index is -0.0971. The number of hydrogen-bond donors (Lipinski definition) is 1. The van der Waals surface area contributed by atoms with E-state index < -0.39 is 0 Å². The van der Waals surface area contributed by atoms with Gasteiger partial charge in [0.2, 0.25) is 0 Å². The summed E-state index contributed by atoms with van der Waals surface area (Å²) in [5.74, 6) is 0. The molecule has 5 heteroatoms. The molecular formula is C15H20ClN3O. The van der Waals surface area contributed by atoms with E-state index in [-0.39, 0.29) is 6.10 Å². The second-order valence-electron chi connectivity index (χ2n) is 5.46. The van der Waals surface area contributed by atoms with Crippen molar-refractivity contribution in [3.05, 3.63) is 29.4 Å². The van der Waals surface area contributed by atoms with Gasteiger partial charge in [-0.25, -0.2) is 0 Å². The number of aryl methyl sites for hydroxylation is 1. The Morgan fingerprint density at radius 3 is 2.75 bits per heavy atom. The molecule has 3 rings (SSSR count). The van der Waals surface area contributed by atoms with Crippen LogP contribution >= 0.6 is 11.6 Å². The van der Waals surface area contributed by atoms with Crippen LogP contribution in [0, 0.1) is 0 Å². The minimum Gasteiger partial charge on any atom is -0.393 e. The van der Waals surface area contributed by atoms with Gasteiger partial charge in [-0.3, -0.25) is 4.68 Å². The van der Waals surface area contributed by atoms with Gasteiger partial charge in [0.1, 0.15) is 0 Å². The standard InChI is InChI=1S/C15H20ClN3O/c16-15-13-4-1-2-5-14(13)19(17-15)9-3-8-18-10-6-12(20)7-11-18/h1-2,4-5,12,20H,3,6-11H2. The predicted octanol–water partition coefficient (Wildman–Crippen LogP) is 2.54. The van der Waals surface area contributed by atoms with Crippen molar-refractivity contribution in [2.75, 3.05) is 19.6 Å². The first-order valence-corrected chi connectivity index (χ1v) is 7.63. The Hall–Kier alpha value is -1.10. The fourth-order valence-electron chi connectivity index (χ4n) is 2.84. The van der Waals surface area contributed by atoms with Crippen LogP contribution in [0.15, 0.2) is 24.3 Å². The summed E-state index contributed by atoms with van der Waals surface area (Å²) < 4.78 is 2.00. The number of likely N-dealkylation sites (tertiary alicyclic amines) is 1. The highest BCUT2D eigenvalue weighted by atomic mass is 35.5. The van der Waals surface area contributed by atoms with Crippen molar-refractivity contribution in [1.29, 1.82) is 0 Å². The Labute approximate surface area is 123 Å². The summed E-state index contributed by atoms with van der Waals surface area (Å²) in [6, 6.07) is 8.07. The molecule has 0 spiro atoms. The maximum Gasteiger partial charge on any atom is 0.158 e. The number of piperidine rings is 1. The quantitative estimate of drug-likeness (QED) is 0.942. The van der Waals surface area contributed by atoms with Crippen LogP contribution < -0.4 is 0 Å². The third-order valence-corrected chi connectivity index (χ3v) is 4.29. The summed E-state index contributed by atoms with van der Waals surface area (Å²) in [6.45, 7) is 3.94. The van der Waals surface area contributed by atoms with Crippen LogP contribution in [0.5, 0.6) is 0 Å². The van der Waals surface area contributed by atoms with Crippen molar-refractivity contribution < 1.29 is 5.11 Å². The van der Waals surface area contributed by atoms with E-state index in [1.807, 2.05) is 22.9 Å². The highest BCUT2D eigenvalue weighted by Crippen LogP contribution is 2.22. The van der Waals surface area contributed by atoms with E-state index in [9.17, 15) is 5.11 Å². The van der Waals surface area contributed by atoms with Gasteiger partial charge in [-0.15, -0.1) is 0 Å². The summed E-state index contributed by atoms with van der Waals surface area (Å²) >= 11 is 6.15. The first-order valence-electron chi connectivity index (χ1n) is 7.25. The molecule has 2 heterocycles. The molecule has 1 N–H and O–H groups in total. The number of fused-ring (bicyclic) bond motifs is 1. The Balaban J connectivity index is 1.57. The number of aliphatic hydroxyl groups is 1. The average Bonchev–Trinajstić information content (AvgIpc) is 2.79. The van der Waals surface area contributed by atoms with Crippen molar-refractivity contribution in [3.8, 4) is 0 Å². The van der Waals surface area contributed by atoms with Crippen molar-refractivity contribution >= 4 is 22.5 Å². The van der Waals surface area contributed by atoms with Crippen molar-refractivity contribution in [2.45, 2.75) is 31.9 Å². The van der Waals surface area contributed by atoms with Gasteiger partial charge in [0.25, 0.3) is 0 Å². The highest BCUT2D eigenvalue weighted by Gasteiger charge is 2.16. The van der Waals surface area contributed by atoms with E-state index in [2.05, 4.69) is 16.1 Å². The Kier molecular flexibility index (Phi) is 4.24. The van der Waals surface area contributed by atoms with Gasteiger partial charge in [-0.2, -0.15) is 5.10 Å². The molecule has 1 fully saturated rings. The van der Waals surface area contributed by atoms with Crippen LogP contribution in [0.1, 0.15) is 19.3 Å². The molecule has 0 amide bonds. The number of aromatic nitrogens is 2. The molecule has 108 valence electrons. The molecule has 1 aromatic carbocycles. The van der Waals surface area contributed by atoms with E-state index in [0.717, 1.165) is 56.3 Å². The zero-order chi connectivity index (χ0) is 13.9. The summed E-state index contributed by atoms with van der Waals surface area (Å²) in [6.07, 6.45) is 2.76. The zero-order valence-corrected chi connectivity index (χ0v) is 12.3. The number of halogens is 1. The summed E-state index contributed by atoms with van der Waals surface area (Å²) in [4.78, 5) is 2.42. The normalized spacial score (nSPS) is 17.9. The van der Waals surface area contributed by atoms with Gasteiger partial charge in [0, 0.05) is 25.0 Å². The lowest BCUT2D eigenvalue weighted by molar-refractivity contribution is 0.0814. The number of rotatable bonds is 4. The second kappa shape index (κ2) is 6.12. The van der Waals surface area contributed by atoms with E-state index >= 15 is 0 Å². The fourth-order valence-corrected chi connectivity index (χ4v) is 3.10. The lowest BCUT2D eigenvalue weighted by Crippen LogP contribution is -2.36. The Morgan fingerprint density at radius 2 is 1.95 bits per heavy atom. The van der Waals surface area contributed by atoms with Gasteiger partial charge in [0.05, 0.1) is 11.6 Å². The number of benzene rings is 1. The number of hydrogen-bond acceptors (Lipinski definition) is 3. The maximum absolute atomic E-state index is 9.50. The number of nitrogens with zero attached hydrogens (tertiary/aromatic N) is 3. The van der Waals surface area contributed by atoms with Gasteiger partial charge >= 0.3 is 0 Å². The zero-order valence-electron chi connectivity index (χ0n) is 11.5. The fraction of sp³-hybridized carbons (Fsp3) is 0.533. The summed E-state index contributed by atoms with van der Waals surface area (Å²) in [5, 5.41) is 15.5. The first kappa shape index (κ1) is 13.9. The molecule has 0 radical (unpaired) electrons. The summed E-state index contributed by atoms with van der Waals surface area (Å²) in [5.41, 5.74) is 1.10. The molecule has 1 saturated heterocycles. The third kappa shape index (κ3) is 2.97. The van der Waals surface area contributed by atoms with Crippen LogP contribution in [-0.4, -0.2) is 45.5 Å². The van der Waals surface area contributed by atoms with Crippen LogP contribution in [-0.2, 0) is 6.54 Å². The van der Waals surface area contributed by atoms with E-state index in [0.29, 0.717) is 5.15 Å². The molecule has 1 aliphatic rings. The summed E-state index contributed by atoms with van der Waals surface area (Å²) in [7, 11) is 0. The van der Waals surface area contributed by atoms with Gasteiger partial charge in [0.15, 0.2) is 5.15 Å². The smallest absolute Gasteiger partial charge is 0.158 e. The second-order valence-corrected chi connectivity index (χ2v) is 5.82. The number of aliphatic hydroxyl groups excluding tert-OH is 1. The molecule has 0 bridgehead atoms. The average molecular weight is 294 g/mol. The minimum absolute atomic E-state index is 0.0971. The Morgan fingerprint density at radius 1 is 1.20 bits per heavy atom. The molecule has 0 atom stereocenters. The van der Waals surface area contributed by atoms with Crippen molar-refractivity contribution in [2.24, 2.45) is 0 Å². The Bertz CT molecular complexity index is 576. The number of para-hydroxylation sites is 1. The van der Waals surface area contributed by atoms with Crippen LogP contribution in [0.2, 0.25) is 5.15 Å². The van der Waals surface area contributed by atoms with Crippen molar-refractivity contribution in [1.82, 2.24) is 14.7 Å². The van der Waals surface area contributed by atoms with Crippen molar-refractivity contribution in [3.63, 3.8) is 0 Å². The topological polar surface area (TPSA) is 41.3 Å². The SMILES string of the molecule is OC1CCN(CCCn2nc(Cl)c3ccccc32)CC1. The van der Waals surface area contributed by atoms with Gasteiger partial charge < -0.3 is 10.0 Å². The van der Waals surface area contributed by atoms with E-state index in [1.54, 1.807) is 0 Å². The van der Waals surface area contributed by atoms with Crippen LogP contribution in [0.25, 0.3) is 10.9 Å². The molecule has 0 saturated carbocycles. The molecule has 1 aliphatic heterocycles. The van der Waals surface area contributed by atoms with E-state index in [1.165, 1.54) is 0 Å². The lowest BCUT2D eigenvalue weighted by Gasteiger charge is -2.29. The van der Waals surface area contributed by atoms with Gasteiger partial charge in [-0.1, -0.05) is 23.7 Å². The molecule has 0 aliphatic carbocycles. The molecule has 1 aromatic heterocycles. The largest absolute Gasteiger partial charge is 0.393 e. The highest BCUT2D eigenvalue weighted by molar-refractivity contribution is 6.34. The third-order valence-electron chi connectivity index (χ3n) is 4.01.